The van der Waals surface area contributed by atoms with Crippen molar-refractivity contribution in [1.82, 2.24) is 0 Å². The van der Waals surface area contributed by atoms with Crippen LogP contribution in [0.15, 0.2) is 72.9 Å². The molecular formula is C72H128O6. The number of carbonyl (C=O) groups excluding carboxylic acids is 3. The third-order valence-electron chi connectivity index (χ3n) is 14.9. The second-order valence-corrected chi connectivity index (χ2v) is 22.7. The van der Waals surface area contributed by atoms with Crippen LogP contribution in [0.5, 0.6) is 0 Å². The Morgan fingerprint density at radius 1 is 0.269 bits per heavy atom. The van der Waals surface area contributed by atoms with E-state index in [1.807, 2.05) is 0 Å². The summed E-state index contributed by atoms with van der Waals surface area (Å²) in [7, 11) is 0. The van der Waals surface area contributed by atoms with E-state index in [9.17, 15) is 14.4 Å². The van der Waals surface area contributed by atoms with E-state index in [1.54, 1.807) is 0 Å². The standard InChI is InChI=1S/C72H128O6/c1-4-7-10-13-16-19-22-25-27-29-31-33-34-35-36-37-38-40-41-43-45-47-50-53-56-59-62-65-71(74)77-68-69(67-76-70(73)64-61-58-55-52-49-24-21-18-15-12-9-6-3)78-72(75)66-63-60-57-54-51-48-46-44-42-39-32-30-28-26-23-20-17-14-11-8-5-2/h8,11,17,20,22,25-26,28-29,31-32,39,69H,4-7,9-10,12-16,18-19,21,23-24,27,30,33-38,40-68H2,1-3H3/b11-8-,20-17-,25-22-,28-26-,31-29-,39-32-. The molecule has 0 aliphatic carbocycles. The molecule has 78 heavy (non-hydrogen) atoms. The van der Waals surface area contributed by atoms with Gasteiger partial charge in [0.05, 0.1) is 0 Å². The number of unbranched alkanes of at least 4 members (excludes halogenated alkanes) is 39. The van der Waals surface area contributed by atoms with Crippen LogP contribution in [0, 0.1) is 0 Å². The Balaban J connectivity index is 4.24. The van der Waals surface area contributed by atoms with Crippen LogP contribution in [0.1, 0.15) is 348 Å². The van der Waals surface area contributed by atoms with E-state index < -0.39 is 6.10 Å². The number of hydrogen-bond donors (Lipinski definition) is 0. The fraction of sp³-hybridized carbons (Fsp3) is 0.792. The van der Waals surface area contributed by atoms with Gasteiger partial charge in [-0.3, -0.25) is 14.4 Å². The summed E-state index contributed by atoms with van der Waals surface area (Å²) in [6, 6.07) is 0. The molecule has 0 saturated heterocycles. The van der Waals surface area contributed by atoms with Crippen LogP contribution in [0.4, 0.5) is 0 Å². The van der Waals surface area contributed by atoms with E-state index in [-0.39, 0.29) is 31.1 Å². The number of esters is 3. The van der Waals surface area contributed by atoms with Gasteiger partial charge in [-0.05, 0) is 89.9 Å². The molecule has 1 atom stereocenters. The van der Waals surface area contributed by atoms with Crippen LogP contribution >= 0.6 is 0 Å². The molecule has 0 aliphatic heterocycles. The molecule has 0 rings (SSSR count). The average molecular weight is 1090 g/mol. The van der Waals surface area contributed by atoms with E-state index in [0.717, 1.165) is 96.3 Å². The SMILES string of the molecule is CC/C=C\C/C=C\C/C=C\C/C=C\CCCCCCCCCCC(=O)OC(COC(=O)CCCCCCCCCCCCCC)COC(=O)CCCCCCCCCCCCCCCCC/C=C\C/C=C\CCCCCCC. The highest BCUT2D eigenvalue weighted by molar-refractivity contribution is 5.71. The number of rotatable bonds is 62. The molecule has 0 fully saturated rings. The average Bonchev–Trinajstić information content (AvgIpc) is 3.44. The van der Waals surface area contributed by atoms with Crippen molar-refractivity contribution in [1.29, 1.82) is 0 Å². The van der Waals surface area contributed by atoms with Gasteiger partial charge in [-0.2, -0.15) is 0 Å². The predicted octanol–water partition coefficient (Wildman–Crippen LogP) is 23.3. The van der Waals surface area contributed by atoms with Crippen LogP contribution in [0.25, 0.3) is 0 Å². The first-order valence-electron chi connectivity index (χ1n) is 33.9. The van der Waals surface area contributed by atoms with Crippen LogP contribution < -0.4 is 0 Å². The maximum atomic E-state index is 12.9. The Kier molecular flexibility index (Phi) is 63.7. The third-order valence-corrected chi connectivity index (χ3v) is 14.9. The van der Waals surface area contributed by atoms with Crippen molar-refractivity contribution >= 4 is 17.9 Å². The largest absolute Gasteiger partial charge is 0.462 e. The van der Waals surface area contributed by atoms with E-state index >= 15 is 0 Å². The summed E-state index contributed by atoms with van der Waals surface area (Å²) < 4.78 is 17.0. The monoisotopic (exact) mass is 1090 g/mol. The van der Waals surface area contributed by atoms with Crippen molar-refractivity contribution in [2.45, 2.75) is 354 Å². The molecule has 0 heterocycles. The molecule has 0 radical (unpaired) electrons. The molecular weight excluding hydrogens is 961 g/mol. The Morgan fingerprint density at radius 3 is 0.782 bits per heavy atom. The van der Waals surface area contributed by atoms with Gasteiger partial charge in [-0.25, -0.2) is 0 Å². The first-order valence-corrected chi connectivity index (χ1v) is 33.9. The Hall–Kier alpha value is -3.15. The van der Waals surface area contributed by atoms with Crippen molar-refractivity contribution in [3.05, 3.63) is 72.9 Å². The molecule has 0 N–H and O–H groups in total. The summed E-state index contributed by atoms with van der Waals surface area (Å²) in [5, 5.41) is 0. The Labute approximate surface area is 484 Å². The lowest BCUT2D eigenvalue weighted by atomic mass is 10.0. The summed E-state index contributed by atoms with van der Waals surface area (Å²) in [4.78, 5) is 38.4. The molecule has 1 unspecified atom stereocenters. The molecule has 0 amide bonds. The van der Waals surface area contributed by atoms with Crippen molar-refractivity contribution in [2.24, 2.45) is 0 Å². The number of allylic oxidation sites excluding steroid dienone is 12. The third kappa shape index (κ3) is 63.7. The van der Waals surface area contributed by atoms with Gasteiger partial charge in [-0.1, -0.05) is 312 Å². The predicted molar refractivity (Wildman–Crippen MR) is 339 cm³/mol. The van der Waals surface area contributed by atoms with Crippen molar-refractivity contribution in [3.63, 3.8) is 0 Å². The Morgan fingerprint density at radius 2 is 0.500 bits per heavy atom. The summed E-state index contributed by atoms with van der Waals surface area (Å²) >= 11 is 0. The Bertz CT molecular complexity index is 1440. The van der Waals surface area contributed by atoms with Crippen LogP contribution in [-0.4, -0.2) is 37.2 Å². The van der Waals surface area contributed by atoms with Gasteiger partial charge in [0.15, 0.2) is 6.10 Å². The summed E-state index contributed by atoms with van der Waals surface area (Å²) in [5.41, 5.74) is 0. The topological polar surface area (TPSA) is 78.9 Å². The second-order valence-electron chi connectivity index (χ2n) is 22.7. The van der Waals surface area contributed by atoms with Gasteiger partial charge < -0.3 is 14.2 Å². The highest BCUT2D eigenvalue weighted by Gasteiger charge is 2.19. The maximum absolute atomic E-state index is 12.9. The number of carbonyl (C=O) groups is 3. The molecule has 452 valence electrons. The molecule has 0 aliphatic rings. The smallest absolute Gasteiger partial charge is 0.306 e. The summed E-state index contributed by atoms with van der Waals surface area (Å²) in [6.45, 7) is 6.55. The highest BCUT2D eigenvalue weighted by Crippen LogP contribution is 2.17. The van der Waals surface area contributed by atoms with Gasteiger partial charge in [0.1, 0.15) is 13.2 Å². The fourth-order valence-corrected chi connectivity index (χ4v) is 9.88. The maximum Gasteiger partial charge on any atom is 0.306 e. The number of hydrogen-bond acceptors (Lipinski definition) is 6. The molecule has 0 bridgehead atoms. The lowest BCUT2D eigenvalue weighted by molar-refractivity contribution is -0.167. The van der Waals surface area contributed by atoms with E-state index in [1.165, 1.54) is 212 Å². The molecule has 0 saturated carbocycles. The summed E-state index contributed by atoms with van der Waals surface area (Å²) in [6.07, 6.45) is 86.3. The molecule has 0 aromatic carbocycles. The minimum absolute atomic E-state index is 0.0747. The van der Waals surface area contributed by atoms with E-state index in [4.69, 9.17) is 14.2 Å². The minimum atomic E-state index is -0.779. The van der Waals surface area contributed by atoms with Crippen molar-refractivity contribution < 1.29 is 28.6 Å². The first-order chi connectivity index (χ1) is 38.5. The van der Waals surface area contributed by atoms with Gasteiger partial charge >= 0.3 is 17.9 Å². The lowest BCUT2D eigenvalue weighted by Gasteiger charge is -2.18. The zero-order valence-electron chi connectivity index (χ0n) is 51.9. The molecule has 0 aromatic rings. The quantitative estimate of drug-likeness (QED) is 0.0261. The highest BCUT2D eigenvalue weighted by atomic mass is 16.6. The number of ether oxygens (including phenoxy) is 3. The molecule has 0 aromatic heterocycles. The fourth-order valence-electron chi connectivity index (χ4n) is 9.88. The first kappa shape index (κ1) is 74.8. The molecule has 6 nitrogen and oxygen atoms in total. The van der Waals surface area contributed by atoms with Crippen LogP contribution in [-0.2, 0) is 28.6 Å². The van der Waals surface area contributed by atoms with Crippen molar-refractivity contribution in [3.8, 4) is 0 Å². The summed E-state index contributed by atoms with van der Waals surface area (Å²) in [5.74, 6) is -0.864. The van der Waals surface area contributed by atoms with Gasteiger partial charge in [0.2, 0.25) is 0 Å². The van der Waals surface area contributed by atoms with Gasteiger partial charge in [0, 0.05) is 19.3 Å². The van der Waals surface area contributed by atoms with E-state index in [0.29, 0.717) is 19.3 Å². The lowest BCUT2D eigenvalue weighted by Crippen LogP contribution is -2.30. The molecule has 6 heteroatoms. The second kappa shape index (κ2) is 66.4. The van der Waals surface area contributed by atoms with Crippen LogP contribution in [0.3, 0.4) is 0 Å². The van der Waals surface area contributed by atoms with E-state index in [2.05, 4.69) is 93.7 Å². The van der Waals surface area contributed by atoms with Crippen LogP contribution in [0.2, 0.25) is 0 Å². The normalized spacial score (nSPS) is 12.5. The van der Waals surface area contributed by atoms with Crippen molar-refractivity contribution in [2.75, 3.05) is 13.2 Å². The zero-order valence-corrected chi connectivity index (χ0v) is 51.9. The minimum Gasteiger partial charge on any atom is -0.462 e. The van der Waals surface area contributed by atoms with Gasteiger partial charge in [-0.15, -0.1) is 0 Å². The molecule has 0 spiro atoms. The zero-order chi connectivity index (χ0) is 56.4. The van der Waals surface area contributed by atoms with Gasteiger partial charge in [0.25, 0.3) is 0 Å².